The summed E-state index contributed by atoms with van der Waals surface area (Å²) in [6.07, 6.45) is 41.5. The maximum atomic E-state index is 12.9. The number of amidine groups is 1. The van der Waals surface area contributed by atoms with Crippen LogP contribution in [-0.4, -0.2) is 61.2 Å². The Kier molecular flexibility index (Phi) is 41.5. The van der Waals surface area contributed by atoms with Crippen LogP contribution in [0, 0.1) is 11.5 Å². The van der Waals surface area contributed by atoms with Gasteiger partial charge in [-0.25, -0.2) is 10.3 Å². The molecule has 1 aromatic rings. The molecule has 0 aliphatic rings. The molecule has 1 N–H and O–H groups in total. The average molecular weight is 895 g/mol. The van der Waals surface area contributed by atoms with E-state index in [1.807, 2.05) is 36.5 Å². The summed E-state index contributed by atoms with van der Waals surface area (Å²) in [5, 5.41) is 11.8. The number of unbranched alkanes of at least 4 members (excludes halogenated alkanes) is 23. The van der Waals surface area contributed by atoms with Gasteiger partial charge in [0.25, 0.3) is 0 Å². The Bertz CT molecular complexity index is 1250. The number of carbonyl (C=O) groups is 2. The fraction of sp³-hybridized carbons (Fsp3) is 0.818. The molecule has 0 saturated heterocycles. The zero-order valence-corrected chi connectivity index (χ0v) is 42.0. The number of benzene rings is 1. The molecule has 0 fully saturated rings. The predicted octanol–water partition coefficient (Wildman–Crippen LogP) is 15.4. The van der Waals surface area contributed by atoms with Crippen LogP contribution in [0.4, 0.5) is 0 Å². The van der Waals surface area contributed by atoms with Crippen LogP contribution in [0.2, 0.25) is 0 Å². The first-order chi connectivity index (χ1) is 31.4. The maximum Gasteiger partial charge on any atom is 0.306 e. The number of nitrogens with one attached hydrogen (secondary N) is 1. The van der Waals surface area contributed by atoms with Gasteiger partial charge in [0.05, 0.1) is 0 Å². The molecule has 0 heterocycles. The summed E-state index contributed by atoms with van der Waals surface area (Å²) < 4.78 is 17.7. The van der Waals surface area contributed by atoms with E-state index in [4.69, 9.17) is 14.2 Å². The molecular weight excluding hydrogens is 797 g/mol. The minimum atomic E-state index is -0.0276. The molecule has 0 bridgehead atoms. The van der Waals surface area contributed by atoms with Crippen LogP contribution in [0.3, 0.4) is 0 Å². The normalized spacial score (nSPS) is 12.1. The molecule has 0 saturated carbocycles. The topological polar surface area (TPSA) is 113 Å². The van der Waals surface area contributed by atoms with E-state index >= 15 is 0 Å². The van der Waals surface area contributed by atoms with Crippen molar-refractivity contribution >= 4 is 18.0 Å². The third kappa shape index (κ3) is 37.1. The van der Waals surface area contributed by atoms with Gasteiger partial charge < -0.3 is 19.1 Å². The molecule has 0 radical (unpaired) electrons. The zero-order valence-electron chi connectivity index (χ0n) is 42.0. The lowest BCUT2D eigenvalue weighted by atomic mass is 10.0. The van der Waals surface area contributed by atoms with Gasteiger partial charge in [-0.05, 0) is 109 Å². The molecule has 368 valence electrons. The Morgan fingerprint density at radius 2 is 0.953 bits per heavy atom. The van der Waals surface area contributed by atoms with Crippen LogP contribution in [0.1, 0.15) is 252 Å². The summed E-state index contributed by atoms with van der Waals surface area (Å²) >= 11 is 0. The van der Waals surface area contributed by atoms with Crippen molar-refractivity contribution in [3.05, 3.63) is 30.3 Å². The second-order valence-corrected chi connectivity index (χ2v) is 18.4. The lowest BCUT2D eigenvalue weighted by molar-refractivity contribution is -0.150. The minimum Gasteiger partial charge on any atom is -0.462 e. The molecule has 1 aromatic carbocycles. The molecule has 1 atom stereocenters. The van der Waals surface area contributed by atoms with Gasteiger partial charge in [0, 0.05) is 19.4 Å². The van der Waals surface area contributed by atoms with Crippen LogP contribution in [0.5, 0.6) is 5.75 Å². The SMILES string of the molecule is CCCCCCCCC(CC)OC(=O)CCCCCCCN(CCCCCCCC(=O)OC(CCCCCCCC)CCCCCCCC)CCCN=C(NC#N)Oc1ccccc1. The van der Waals surface area contributed by atoms with Crippen LogP contribution in [0.25, 0.3) is 0 Å². The van der Waals surface area contributed by atoms with Gasteiger partial charge >= 0.3 is 18.0 Å². The summed E-state index contributed by atoms with van der Waals surface area (Å²) in [5.74, 6) is 0.617. The van der Waals surface area contributed by atoms with Crippen molar-refractivity contribution in [3.8, 4) is 11.9 Å². The van der Waals surface area contributed by atoms with Gasteiger partial charge in [-0.1, -0.05) is 181 Å². The summed E-state index contributed by atoms with van der Waals surface area (Å²) in [4.78, 5) is 32.6. The van der Waals surface area contributed by atoms with E-state index in [-0.39, 0.29) is 30.2 Å². The molecule has 0 aliphatic heterocycles. The van der Waals surface area contributed by atoms with Crippen LogP contribution in [0.15, 0.2) is 35.3 Å². The molecular formula is C55H98N4O5. The molecule has 0 aromatic heterocycles. The number of hydrogen-bond acceptors (Lipinski definition) is 8. The first kappa shape index (κ1) is 58.9. The van der Waals surface area contributed by atoms with Crippen molar-refractivity contribution in [1.82, 2.24) is 10.2 Å². The van der Waals surface area contributed by atoms with Crippen molar-refractivity contribution in [3.63, 3.8) is 0 Å². The smallest absolute Gasteiger partial charge is 0.306 e. The van der Waals surface area contributed by atoms with Gasteiger partial charge in [0.1, 0.15) is 18.0 Å². The van der Waals surface area contributed by atoms with Crippen LogP contribution < -0.4 is 10.1 Å². The fourth-order valence-corrected chi connectivity index (χ4v) is 8.38. The van der Waals surface area contributed by atoms with Gasteiger partial charge in [0.2, 0.25) is 0 Å². The largest absolute Gasteiger partial charge is 0.462 e. The Morgan fingerprint density at radius 1 is 0.547 bits per heavy atom. The van der Waals surface area contributed by atoms with E-state index in [0.717, 1.165) is 122 Å². The maximum absolute atomic E-state index is 12.9. The van der Waals surface area contributed by atoms with Crippen molar-refractivity contribution in [2.45, 2.75) is 265 Å². The summed E-state index contributed by atoms with van der Waals surface area (Å²) in [6, 6.07) is 9.63. The van der Waals surface area contributed by atoms with Gasteiger partial charge in [0.15, 0.2) is 6.19 Å². The first-order valence-electron chi connectivity index (χ1n) is 27.0. The first-order valence-corrected chi connectivity index (χ1v) is 27.0. The minimum absolute atomic E-state index is 0.00182. The third-order valence-electron chi connectivity index (χ3n) is 12.4. The third-order valence-corrected chi connectivity index (χ3v) is 12.4. The monoisotopic (exact) mass is 895 g/mol. The summed E-state index contributed by atoms with van der Waals surface area (Å²) in [5.41, 5.74) is 0. The van der Waals surface area contributed by atoms with Gasteiger partial charge in [-0.2, -0.15) is 5.26 Å². The number of nitriles is 1. The molecule has 64 heavy (non-hydrogen) atoms. The summed E-state index contributed by atoms with van der Waals surface area (Å²) in [7, 11) is 0. The van der Waals surface area contributed by atoms with Crippen LogP contribution in [-0.2, 0) is 19.1 Å². The summed E-state index contributed by atoms with van der Waals surface area (Å²) in [6.45, 7) is 12.5. The number of rotatable bonds is 45. The number of nitrogens with zero attached hydrogens (tertiary/aromatic N) is 3. The Labute approximate surface area is 394 Å². The Morgan fingerprint density at radius 3 is 1.42 bits per heavy atom. The van der Waals surface area contributed by atoms with E-state index < -0.39 is 0 Å². The van der Waals surface area contributed by atoms with Crippen molar-refractivity contribution in [1.29, 1.82) is 5.26 Å². The second-order valence-electron chi connectivity index (χ2n) is 18.4. The standard InChI is InChI=1S/C55H98N4O5/c1-5-9-12-15-20-28-38-50(8-4)62-53(60)43-33-23-18-25-35-46-59(48-37-45-57-55(58-49-56)64-52-41-31-27-32-42-52)47-36-26-19-24-34-44-54(61)63-51(39-29-21-16-13-10-6-2)40-30-22-17-14-11-7-3/h27,31-32,41-42,50-51H,5-26,28-30,33-40,43-48H2,1-4H3,(H,57,58). The molecule has 9 heteroatoms. The van der Waals surface area contributed by atoms with E-state index in [1.54, 1.807) is 0 Å². The Balaban J connectivity index is 2.50. The molecule has 9 nitrogen and oxygen atoms in total. The van der Waals surface area contributed by atoms with Crippen molar-refractivity contribution < 1.29 is 23.8 Å². The molecule has 0 aliphatic carbocycles. The molecule has 1 rings (SSSR count). The average Bonchev–Trinajstić information content (AvgIpc) is 3.30. The number of hydrogen-bond donors (Lipinski definition) is 1. The molecule has 0 spiro atoms. The highest BCUT2D eigenvalue weighted by Gasteiger charge is 2.15. The quantitative estimate of drug-likeness (QED) is 0.0172. The van der Waals surface area contributed by atoms with Gasteiger partial charge in [-0.15, -0.1) is 0 Å². The van der Waals surface area contributed by atoms with E-state index in [1.165, 1.54) is 109 Å². The van der Waals surface area contributed by atoms with Gasteiger partial charge in [-0.3, -0.25) is 9.59 Å². The van der Waals surface area contributed by atoms with Crippen molar-refractivity contribution in [2.75, 3.05) is 26.2 Å². The molecule has 0 amide bonds. The van der Waals surface area contributed by atoms with Crippen LogP contribution >= 0.6 is 0 Å². The van der Waals surface area contributed by atoms with E-state index in [2.05, 4.69) is 42.9 Å². The van der Waals surface area contributed by atoms with E-state index in [9.17, 15) is 14.9 Å². The highest BCUT2D eigenvalue weighted by atomic mass is 16.5. The lowest BCUT2D eigenvalue weighted by Crippen LogP contribution is -2.28. The fourth-order valence-electron chi connectivity index (χ4n) is 8.38. The number of esters is 2. The number of para-hydroxylation sites is 1. The predicted molar refractivity (Wildman–Crippen MR) is 269 cm³/mol. The Hall–Kier alpha value is -3.12. The lowest BCUT2D eigenvalue weighted by Gasteiger charge is -2.22. The highest BCUT2D eigenvalue weighted by molar-refractivity contribution is 5.77. The highest BCUT2D eigenvalue weighted by Crippen LogP contribution is 2.19. The number of aliphatic imine (C=N–C) groups is 1. The number of carbonyl (C=O) groups excluding carboxylic acids is 2. The number of ether oxygens (including phenoxy) is 3. The van der Waals surface area contributed by atoms with Crippen molar-refractivity contribution in [2.24, 2.45) is 4.99 Å². The zero-order chi connectivity index (χ0) is 46.4. The molecule has 1 unspecified atom stereocenters. The van der Waals surface area contributed by atoms with E-state index in [0.29, 0.717) is 25.1 Å². The second kappa shape index (κ2) is 45.1.